The summed E-state index contributed by atoms with van der Waals surface area (Å²) in [7, 11) is 0. The van der Waals surface area contributed by atoms with Crippen LogP contribution >= 0.6 is 11.3 Å². The average molecular weight is 210 g/mol. The number of hydrogen-bond acceptors (Lipinski definition) is 5. The summed E-state index contributed by atoms with van der Waals surface area (Å²) in [5, 5.41) is 18.5. The van der Waals surface area contributed by atoms with Crippen LogP contribution in [0.3, 0.4) is 0 Å². The van der Waals surface area contributed by atoms with Gasteiger partial charge in [0, 0.05) is 0 Å². The van der Waals surface area contributed by atoms with Crippen molar-refractivity contribution in [3.63, 3.8) is 0 Å². The van der Waals surface area contributed by atoms with Crippen molar-refractivity contribution < 1.29 is 15.0 Å². The highest BCUT2D eigenvalue weighted by molar-refractivity contribution is 7.22. The van der Waals surface area contributed by atoms with Gasteiger partial charge in [-0.25, -0.2) is 9.78 Å². The number of aromatic nitrogens is 1. The van der Waals surface area contributed by atoms with Crippen molar-refractivity contribution in [2.45, 2.75) is 0 Å². The highest BCUT2D eigenvalue weighted by Gasteiger charge is 2.11. The molecule has 2 aromatic rings. The molecule has 0 saturated carbocycles. The largest absolute Gasteiger partial charge is 0.506 e. The number of carboxylic acids is 1. The summed E-state index contributed by atoms with van der Waals surface area (Å²) in [4.78, 5) is 14.5. The maximum Gasteiger partial charge on any atom is 0.335 e. The molecule has 4 N–H and O–H groups in total. The maximum absolute atomic E-state index is 10.6. The molecule has 72 valence electrons. The maximum atomic E-state index is 10.6. The van der Waals surface area contributed by atoms with Crippen LogP contribution in [0.2, 0.25) is 0 Å². The van der Waals surface area contributed by atoms with Gasteiger partial charge in [0.05, 0.1) is 10.3 Å². The van der Waals surface area contributed by atoms with E-state index in [1.807, 2.05) is 0 Å². The Kier molecular flexibility index (Phi) is 1.78. The molecule has 6 heteroatoms. The fraction of sp³-hybridized carbons (Fsp3) is 0. The number of aromatic carboxylic acids is 1. The van der Waals surface area contributed by atoms with Crippen LogP contribution in [0.4, 0.5) is 5.13 Å². The van der Waals surface area contributed by atoms with Crippen LogP contribution in [-0.2, 0) is 0 Å². The Morgan fingerprint density at radius 1 is 1.50 bits per heavy atom. The number of nitrogens with two attached hydrogens (primary N) is 1. The molecular formula is C8H6N2O3S. The van der Waals surface area contributed by atoms with E-state index in [0.717, 1.165) is 17.4 Å². The summed E-state index contributed by atoms with van der Waals surface area (Å²) < 4.78 is 0.569. The number of rotatable bonds is 1. The molecule has 5 nitrogen and oxygen atoms in total. The predicted molar refractivity (Wildman–Crippen MR) is 52.7 cm³/mol. The van der Waals surface area contributed by atoms with Crippen LogP contribution in [0.25, 0.3) is 10.2 Å². The number of hydrogen-bond donors (Lipinski definition) is 3. The lowest BCUT2D eigenvalue weighted by Crippen LogP contribution is -1.94. The lowest BCUT2D eigenvalue weighted by molar-refractivity contribution is 0.0696. The van der Waals surface area contributed by atoms with Gasteiger partial charge in [-0.1, -0.05) is 11.3 Å². The normalized spacial score (nSPS) is 10.6. The van der Waals surface area contributed by atoms with Gasteiger partial charge >= 0.3 is 5.97 Å². The van der Waals surface area contributed by atoms with E-state index in [0.29, 0.717) is 15.3 Å². The number of carboxylic acid groups (broad SMARTS) is 1. The van der Waals surface area contributed by atoms with Gasteiger partial charge in [0.1, 0.15) is 11.3 Å². The van der Waals surface area contributed by atoms with Gasteiger partial charge in [0.15, 0.2) is 5.13 Å². The molecule has 2 rings (SSSR count). The van der Waals surface area contributed by atoms with E-state index in [4.69, 9.17) is 10.8 Å². The minimum Gasteiger partial charge on any atom is -0.506 e. The lowest BCUT2D eigenvalue weighted by Gasteiger charge is -1.96. The van der Waals surface area contributed by atoms with Crippen LogP contribution < -0.4 is 5.73 Å². The smallest absolute Gasteiger partial charge is 0.335 e. The van der Waals surface area contributed by atoms with E-state index < -0.39 is 5.97 Å². The van der Waals surface area contributed by atoms with Crippen LogP contribution in [0.5, 0.6) is 5.75 Å². The summed E-state index contributed by atoms with van der Waals surface area (Å²) in [6.45, 7) is 0. The standard InChI is InChI=1S/C8H6N2O3S/c9-8-10-6-4(11)1-3(7(12)13)2-5(6)14-8/h1-2,11H,(H2,9,10)(H,12,13). The third-order valence-electron chi connectivity index (χ3n) is 1.74. The van der Waals surface area contributed by atoms with Crippen molar-refractivity contribution in [3.8, 4) is 5.75 Å². The zero-order chi connectivity index (χ0) is 10.3. The van der Waals surface area contributed by atoms with Gasteiger partial charge in [0.25, 0.3) is 0 Å². The number of benzene rings is 1. The molecule has 0 bridgehead atoms. The molecule has 0 amide bonds. The van der Waals surface area contributed by atoms with Gasteiger partial charge < -0.3 is 15.9 Å². The fourth-order valence-electron chi connectivity index (χ4n) is 1.15. The van der Waals surface area contributed by atoms with Gasteiger partial charge in [-0.3, -0.25) is 0 Å². The van der Waals surface area contributed by atoms with Gasteiger partial charge in [-0.15, -0.1) is 0 Å². The molecule has 0 saturated heterocycles. The molecule has 1 heterocycles. The Hall–Kier alpha value is -1.82. The second kappa shape index (κ2) is 2.85. The molecule has 14 heavy (non-hydrogen) atoms. The van der Waals surface area contributed by atoms with Gasteiger partial charge in [-0.2, -0.15) is 0 Å². The van der Waals surface area contributed by atoms with Crippen molar-refractivity contribution in [2.75, 3.05) is 5.73 Å². The molecule has 0 radical (unpaired) electrons. The lowest BCUT2D eigenvalue weighted by atomic mass is 10.2. The SMILES string of the molecule is Nc1nc2c(O)cc(C(=O)O)cc2s1. The monoisotopic (exact) mass is 210 g/mol. The van der Waals surface area contributed by atoms with Crippen LogP contribution in [-0.4, -0.2) is 21.2 Å². The second-order valence-electron chi connectivity index (χ2n) is 2.70. The summed E-state index contributed by atoms with van der Waals surface area (Å²) in [6.07, 6.45) is 0. The van der Waals surface area contributed by atoms with E-state index in [2.05, 4.69) is 4.98 Å². The fourth-order valence-corrected chi connectivity index (χ4v) is 1.95. The number of aromatic hydroxyl groups is 1. The molecule has 0 atom stereocenters. The highest BCUT2D eigenvalue weighted by Crippen LogP contribution is 2.31. The van der Waals surface area contributed by atoms with Gasteiger partial charge in [-0.05, 0) is 12.1 Å². The Balaban J connectivity index is 2.77. The first-order chi connectivity index (χ1) is 6.58. The quantitative estimate of drug-likeness (QED) is 0.658. The zero-order valence-electron chi connectivity index (χ0n) is 6.89. The van der Waals surface area contributed by atoms with E-state index in [1.54, 1.807) is 0 Å². The third kappa shape index (κ3) is 1.25. The Bertz CT molecular complexity index is 521. The number of fused-ring (bicyclic) bond motifs is 1. The molecule has 1 aromatic heterocycles. The number of nitrogens with zero attached hydrogens (tertiary/aromatic N) is 1. The van der Waals surface area contributed by atoms with Crippen molar-refractivity contribution in [2.24, 2.45) is 0 Å². The molecule has 0 spiro atoms. The minimum absolute atomic E-state index is 0.0265. The Morgan fingerprint density at radius 2 is 2.21 bits per heavy atom. The number of nitrogen functional groups attached to an aromatic ring is 1. The Labute approximate surface area is 82.4 Å². The first-order valence-electron chi connectivity index (χ1n) is 3.70. The first kappa shape index (κ1) is 8.76. The summed E-state index contributed by atoms with van der Waals surface area (Å²) in [6, 6.07) is 2.59. The molecule has 0 fully saturated rings. The van der Waals surface area contributed by atoms with E-state index in [9.17, 15) is 9.90 Å². The van der Waals surface area contributed by atoms with E-state index in [-0.39, 0.29) is 11.3 Å². The summed E-state index contributed by atoms with van der Waals surface area (Å²) >= 11 is 1.14. The van der Waals surface area contributed by atoms with Crippen molar-refractivity contribution in [1.82, 2.24) is 4.98 Å². The summed E-state index contributed by atoms with van der Waals surface area (Å²) in [5.41, 5.74) is 5.81. The van der Waals surface area contributed by atoms with Crippen molar-refractivity contribution in [3.05, 3.63) is 17.7 Å². The number of phenols is 1. The number of phenolic OH excluding ortho intramolecular Hbond substituents is 1. The molecule has 0 aliphatic rings. The molecule has 0 aliphatic heterocycles. The predicted octanol–water partition coefficient (Wildman–Crippen LogP) is 1.28. The number of anilines is 1. The second-order valence-corrected chi connectivity index (χ2v) is 3.76. The molecular weight excluding hydrogens is 204 g/mol. The number of thiazole rings is 1. The van der Waals surface area contributed by atoms with Gasteiger partial charge in [0.2, 0.25) is 0 Å². The third-order valence-corrected chi connectivity index (χ3v) is 2.57. The molecule has 0 aliphatic carbocycles. The van der Waals surface area contributed by atoms with E-state index >= 15 is 0 Å². The minimum atomic E-state index is -1.09. The average Bonchev–Trinajstić information content (AvgIpc) is 2.45. The summed E-state index contributed by atoms with van der Waals surface area (Å²) in [5.74, 6) is -1.25. The topological polar surface area (TPSA) is 96.4 Å². The zero-order valence-corrected chi connectivity index (χ0v) is 7.71. The molecule has 0 unspecified atom stereocenters. The van der Waals surface area contributed by atoms with Crippen molar-refractivity contribution in [1.29, 1.82) is 0 Å². The number of carbonyl (C=O) groups is 1. The van der Waals surface area contributed by atoms with Crippen LogP contribution in [0, 0.1) is 0 Å². The molecule has 1 aromatic carbocycles. The van der Waals surface area contributed by atoms with Crippen molar-refractivity contribution >= 4 is 32.7 Å². The van der Waals surface area contributed by atoms with Crippen LogP contribution in [0.1, 0.15) is 10.4 Å². The van der Waals surface area contributed by atoms with E-state index in [1.165, 1.54) is 6.07 Å². The highest BCUT2D eigenvalue weighted by atomic mass is 32.1. The first-order valence-corrected chi connectivity index (χ1v) is 4.52. The Morgan fingerprint density at radius 3 is 2.86 bits per heavy atom. The van der Waals surface area contributed by atoms with Crippen LogP contribution in [0.15, 0.2) is 12.1 Å².